The van der Waals surface area contributed by atoms with E-state index in [1.165, 1.54) is 31.2 Å². The molecule has 2 aromatic rings. The summed E-state index contributed by atoms with van der Waals surface area (Å²) < 4.78 is 0. The van der Waals surface area contributed by atoms with E-state index in [-0.39, 0.29) is 30.8 Å². The van der Waals surface area contributed by atoms with Crippen LogP contribution < -0.4 is 13.3 Å². The Hall–Kier alpha value is -0.800. The second-order valence-corrected chi connectivity index (χ2v) is 22.1. The van der Waals surface area contributed by atoms with Crippen molar-refractivity contribution >= 4 is 71.8 Å². The molecular formula is C20H21ClI3O6-. The van der Waals surface area contributed by atoms with Gasteiger partial charge >= 0.3 is 62.4 Å². The molecule has 0 saturated carbocycles. The van der Waals surface area contributed by atoms with Gasteiger partial charge in [-0.2, -0.15) is 0 Å². The maximum Gasteiger partial charge on any atom is 0.335 e. The van der Waals surface area contributed by atoms with Crippen LogP contribution in [-0.2, 0) is 22.4 Å². The van der Waals surface area contributed by atoms with Crippen molar-refractivity contribution in [1.29, 1.82) is 0 Å². The predicted molar refractivity (Wildman–Crippen MR) is 131 cm³/mol. The van der Waals surface area contributed by atoms with Crippen molar-refractivity contribution in [2.75, 3.05) is 0 Å². The van der Waals surface area contributed by atoms with Crippen LogP contribution in [-0.4, -0.2) is 33.2 Å². The van der Waals surface area contributed by atoms with E-state index in [0.29, 0.717) is 25.2 Å². The van der Waals surface area contributed by atoms with Gasteiger partial charge in [0.25, 0.3) is 0 Å². The van der Waals surface area contributed by atoms with Gasteiger partial charge in [-0.05, 0) is 53.9 Å². The number of rotatable bonds is 6. The Kier molecular flexibility index (Phi) is 18.7. The van der Waals surface area contributed by atoms with Crippen molar-refractivity contribution in [3.63, 3.8) is 0 Å². The van der Waals surface area contributed by atoms with Crippen LogP contribution in [0.1, 0.15) is 46.2 Å². The van der Waals surface area contributed by atoms with E-state index in [9.17, 15) is 19.2 Å². The number of ketones is 1. The quantitative estimate of drug-likeness (QED) is 0.346. The Labute approximate surface area is 210 Å². The third-order valence-corrected chi connectivity index (χ3v) is 3.33. The van der Waals surface area contributed by atoms with E-state index < -0.39 is 17.2 Å². The molecule has 0 spiro atoms. The summed E-state index contributed by atoms with van der Waals surface area (Å²) in [7, 11) is 0. The van der Waals surface area contributed by atoms with Crippen molar-refractivity contribution in [1.82, 2.24) is 0 Å². The molecule has 2 aromatic carbocycles. The fraction of sp³-hybridized carbons (Fsp3) is 0.200. The average molecular weight is 774 g/mol. The maximum absolute atomic E-state index is 10.7. The molecule has 6 nitrogen and oxygen atoms in total. The number of halogens is 4. The molecule has 0 saturated heterocycles. The third kappa shape index (κ3) is 15.1. The Morgan fingerprint density at radius 2 is 1.10 bits per heavy atom. The Morgan fingerprint density at radius 1 is 0.800 bits per heavy atom. The van der Waals surface area contributed by atoms with Gasteiger partial charge in [0.15, 0.2) is 0 Å². The molecule has 0 aromatic heterocycles. The van der Waals surface area contributed by atoms with Crippen molar-refractivity contribution < 1.29 is 42.6 Å². The second-order valence-electron chi connectivity index (χ2n) is 5.47. The van der Waals surface area contributed by atoms with Gasteiger partial charge in [0.1, 0.15) is 5.78 Å². The number of benzene rings is 2. The first-order valence-electron chi connectivity index (χ1n) is 7.80. The van der Waals surface area contributed by atoms with E-state index in [1.807, 2.05) is 0 Å². The second kappa shape index (κ2) is 17.8. The first-order valence-corrected chi connectivity index (χ1v) is 20.7. The Morgan fingerprint density at radius 3 is 1.33 bits per heavy atom. The molecule has 166 valence electrons. The van der Waals surface area contributed by atoms with Crippen LogP contribution in [0.3, 0.4) is 0 Å². The first-order chi connectivity index (χ1) is 13.6. The molecule has 0 aliphatic carbocycles. The minimum Gasteiger partial charge on any atom is -0.478 e. The number of carbonyl (C=O) groups excluding carboxylic acids is 2. The van der Waals surface area contributed by atoms with Crippen LogP contribution in [0.5, 0.6) is 0 Å². The number of aromatic carboxylic acids is 2. The number of hydrogen-bond acceptors (Lipinski definition) is 4. The average Bonchev–Trinajstić information content (AvgIpc) is 2.63. The van der Waals surface area contributed by atoms with Crippen LogP contribution in [0.15, 0.2) is 48.5 Å². The number of carboxylic acid groups (broad SMARTS) is 2. The van der Waals surface area contributed by atoms with E-state index in [4.69, 9.17) is 21.8 Å². The molecular weight excluding hydrogens is 752 g/mol. The van der Waals surface area contributed by atoms with Gasteiger partial charge in [0.05, 0.1) is 11.1 Å². The molecule has 0 radical (unpaired) electrons. The van der Waals surface area contributed by atoms with Crippen LogP contribution in [0.4, 0.5) is 0 Å². The topological polar surface area (TPSA) is 109 Å². The summed E-state index contributed by atoms with van der Waals surface area (Å²) in [4.78, 5) is 42.1. The summed E-state index contributed by atoms with van der Waals surface area (Å²) in [5.74, 6) is -1.86. The summed E-state index contributed by atoms with van der Waals surface area (Å²) in [5.41, 5.74) is 2.00. The zero-order valence-corrected chi connectivity index (χ0v) is 22.3. The number of carbonyl (C=O) groups is 4. The fourth-order valence-electron chi connectivity index (χ4n) is 1.98. The van der Waals surface area contributed by atoms with Gasteiger partial charge in [-0.25, -0.2) is 9.59 Å². The summed E-state index contributed by atoms with van der Waals surface area (Å²) in [6.07, 6.45) is 0.487. The zero-order valence-electron chi connectivity index (χ0n) is 15.1. The molecule has 30 heavy (non-hydrogen) atoms. The molecule has 0 amide bonds. The normalized spacial score (nSPS) is 9.07. The van der Waals surface area contributed by atoms with E-state index in [2.05, 4.69) is 37.2 Å². The minimum absolute atomic E-state index is 0. The molecule has 0 atom stereocenters. The van der Waals surface area contributed by atoms with Gasteiger partial charge in [-0.3, -0.25) is 9.59 Å². The van der Waals surface area contributed by atoms with Crippen molar-refractivity contribution in [2.45, 2.75) is 27.2 Å². The molecule has 0 fully saturated rings. The third-order valence-electron chi connectivity index (χ3n) is 3.20. The number of carboxylic acids is 2. The van der Waals surface area contributed by atoms with Crippen molar-refractivity contribution in [3.8, 4) is 0 Å². The Balaban J connectivity index is 0. The largest absolute Gasteiger partial charge is 0.478 e. The molecule has 10 heteroatoms. The molecule has 0 unspecified atom stereocenters. The molecule has 0 bridgehead atoms. The summed E-state index contributed by atoms with van der Waals surface area (Å²) in [5, 5.41) is 16.7. The van der Waals surface area contributed by atoms with Crippen LogP contribution in [0, 0.1) is 0 Å². The zero-order chi connectivity index (χ0) is 22.4. The standard InChI is InChI=1S/C10H10O3.C9H7ClO3.CH4.I3/c1-7(11)6-8-2-4-9(5-3-8)10(12)13;10-8(11)5-6-1-3-7(4-2-6)9(12)13;;1-3-2/h2-5H,6H2,1H3,(H,12,13);1-4H,5H2,(H,12,13);1H4;/q;;;-1. The van der Waals surface area contributed by atoms with Gasteiger partial charge in [0, 0.05) is 12.8 Å². The van der Waals surface area contributed by atoms with Gasteiger partial charge < -0.3 is 10.2 Å². The minimum atomic E-state index is -0.983. The molecule has 2 N–H and O–H groups in total. The molecule has 0 heterocycles. The maximum atomic E-state index is 10.7. The summed E-state index contributed by atoms with van der Waals surface area (Å²) in [6.45, 7) is 1.51. The van der Waals surface area contributed by atoms with Gasteiger partial charge in [-0.15, -0.1) is 0 Å². The van der Waals surface area contributed by atoms with Gasteiger partial charge in [-0.1, -0.05) is 31.7 Å². The van der Waals surface area contributed by atoms with Crippen LogP contribution >= 0.6 is 48.8 Å². The number of Topliss-reactive ketones (excluding diaryl/α,β-unsaturated/α-hetero) is 1. The molecule has 0 aliphatic rings. The van der Waals surface area contributed by atoms with Crippen molar-refractivity contribution in [3.05, 3.63) is 70.8 Å². The van der Waals surface area contributed by atoms with Crippen LogP contribution in [0.2, 0.25) is 0 Å². The smallest absolute Gasteiger partial charge is 0.335 e. The summed E-state index contributed by atoms with van der Waals surface area (Å²) >= 11 is 10.5. The van der Waals surface area contributed by atoms with E-state index in [1.54, 1.807) is 24.3 Å². The monoisotopic (exact) mass is 773 g/mol. The van der Waals surface area contributed by atoms with Gasteiger partial charge in [0.2, 0.25) is 5.24 Å². The Bertz CT molecular complexity index is 754. The van der Waals surface area contributed by atoms with E-state index >= 15 is 0 Å². The van der Waals surface area contributed by atoms with E-state index in [0.717, 1.165) is 5.56 Å². The van der Waals surface area contributed by atoms with Crippen LogP contribution in [0.25, 0.3) is 0 Å². The first kappa shape index (κ1) is 31.4. The number of hydrogen-bond donors (Lipinski definition) is 2. The van der Waals surface area contributed by atoms with Crippen molar-refractivity contribution in [2.24, 2.45) is 0 Å². The predicted octanol–water partition coefficient (Wildman–Crippen LogP) is 2.62. The molecule has 0 aliphatic heterocycles. The molecule has 2 rings (SSSR count). The summed E-state index contributed by atoms with van der Waals surface area (Å²) in [6, 6.07) is 12.3. The fourth-order valence-corrected chi connectivity index (χ4v) is 2.13. The SMILES string of the molecule is C.CC(=O)Cc1ccc(C(=O)O)cc1.I[I-]I.O=C(Cl)Cc1ccc(C(=O)O)cc1.